The summed E-state index contributed by atoms with van der Waals surface area (Å²) in [6.45, 7) is 2.84. The van der Waals surface area contributed by atoms with Crippen LogP contribution in [0.5, 0.6) is 0 Å². The Morgan fingerprint density at radius 2 is 2.00 bits per heavy atom. The Hall–Kier alpha value is -2.03. The van der Waals surface area contributed by atoms with E-state index in [2.05, 4.69) is 0 Å². The van der Waals surface area contributed by atoms with Crippen LogP contribution in [0, 0.1) is 24.0 Å². The lowest BCUT2D eigenvalue weighted by atomic mass is 10.1. The largest absolute Gasteiger partial charge is 0.307 e. The number of benzene rings is 1. The SMILES string of the molecule is Cc1cc(C)c(N2CC(S(=O)(=O)F)CC2=O)c([N+](=O)[O-])c1. The Balaban J connectivity index is 2.53. The number of hydrogen-bond acceptors (Lipinski definition) is 5. The van der Waals surface area contributed by atoms with E-state index in [1.165, 1.54) is 6.07 Å². The van der Waals surface area contributed by atoms with Crippen LogP contribution in [0.4, 0.5) is 15.3 Å². The van der Waals surface area contributed by atoms with Crippen molar-refractivity contribution in [1.82, 2.24) is 0 Å². The summed E-state index contributed by atoms with van der Waals surface area (Å²) in [5, 5.41) is 9.66. The average molecular weight is 316 g/mol. The van der Waals surface area contributed by atoms with Gasteiger partial charge in [0.2, 0.25) is 5.91 Å². The van der Waals surface area contributed by atoms with Crippen molar-refractivity contribution in [1.29, 1.82) is 0 Å². The Bertz CT molecular complexity index is 731. The Labute approximate surface area is 120 Å². The summed E-state index contributed by atoms with van der Waals surface area (Å²) in [4.78, 5) is 23.4. The van der Waals surface area contributed by atoms with E-state index in [9.17, 15) is 27.2 Å². The molecule has 1 saturated heterocycles. The lowest BCUT2D eigenvalue weighted by Crippen LogP contribution is -2.28. The fourth-order valence-corrected chi connectivity index (χ4v) is 3.18. The molecule has 0 aromatic heterocycles. The average Bonchev–Trinajstić information content (AvgIpc) is 2.70. The van der Waals surface area contributed by atoms with Gasteiger partial charge in [0.25, 0.3) is 5.69 Å². The van der Waals surface area contributed by atoms with E-state index >= 15 is 0 Å². The molecule has 0 bridgehead atoms. The van der Waals surface area contributed by atoms with Gasteiger partial charge in [-0.1, -0.05) is 6.07 Å². The van der Waals surface area contributed by atoms with Crippen molar-refractivity contribution in [2.45, 2.75) is 25.5 Å². The second kappa shape index (κ2) is 5.06. The third kappa shape index (κ3) is 2.87. The summed E-state index contributed by atoms with van der Waals surface area (Å²) in [5.41, 5.74) is 0.843. The molecule has 1 aliphatic heterocycles. The number of rotatable bonds is 3. The summed E-state index contributed by atoms with van der Waals surface area (Å²) in [6, 6.07) is 2.94. The minimum absolute atomic E-state index is 0.0294. The molecule has 1 fully saturated rings. The maximum Gasteiger partial charge on any atom is 0.307 e. The molecule has 9 heteroatoms. The van der Waals surface area contributed by atoms with Crippen LogP contribution >= 0.6 is 0 Å². The highest BCUT2D eigenvalue weighted by molar-refractivity contribution is 7.87. The second-order valence-electron chi connectivity index (χ2n) is 5.01. The van der Waals surface area contributed by atoms with E-state index < -0.39 is 39.3 Å². The van der Waals surface area contributed by atoms with Gasteiger partial charge in [0.05, 0.1) is 4.92 Å². The second-order valence-corrected chi connectivity index (χ2v) is 6.63. The van der Waals surface area contributed by atoms with Gasteiger partial charge >= 0.3 is 10.2 Å². The smallest absolute Gasteiger partial charge is 0.305 e. The van der Waals surface area contributed by atoms with Crippen LogP contribution in [0.3, 0.4) is 0 Å². The van der Waals surface area contributed by atoms with Crippen LogP contribution in [0.2, 0.25) is 0 Å². The first-order chi connectivity index (χ1) is 9.61. The predicted molar refractivity (Wildman–Crippen MR) is 73.4 cm³/mol. The van der Waals surface area contributed by atoms with Gasteiger partial charge in [0, 0.05) is 19.0 Å². The lowest BCUT2D eigenvalue weighted by molar-refractivity contribution is -0.384. The number of anilines is 1. The van der Waals surface area contributed by atoms with Gasteiger partial charge in [-0.25, -0.2) is 0 Å². The van der Waals surface area contributed by atoms with Crippen molar-refractivity contribution >= 4 is 27.5 Å². The van der Waals surface area contributed by atoms with Gasteiger partial charge in [0.1, 0.15) is 10.9 Å². The molecular formula is C12H13FN2O5S. The van der Waals surface area contributed by atoms with Crippen molar-refractivity contribution < 1.29 is 22.0 Å². The van der Waals surface area contributed by atoms with E-state index in [0.29, 0.717) is 11.1 Å². The normalized spacial score (nSPS) is 19.1. The predicted octanol–water partition coefficient (Wildman–Crippen LogP) is 1.62. The lowest BCUT2D eigenvalue weighted by Gasteiger charge is -2.19. The maximum atomic E-state index is 13.0. The Kier molecular flexibility index (Phi) is 3.70. The fourth-order valence-electron chi connectivity index (χ4n) is 2.51. The highest BCUT2D eigenvalue weighted by Gasteiger charge is 2.41. The number of amides is 1. The summed E-state index contributed by atoms with van der Waals surface area (Å²) in [7, 11) is -4.86. The number of hydrogen-bond donors (Lipinski definition) is 0. The number of halogens is 1. The standard InChI is InChI=1S/C12H13FN2O5S/c1-7-3-8(2)12(10(4-7)15(17)18)14-6-9(5-11(14)16)21(13,19)20/h3-4,9H,5-6H2,1-2H3. The van der Waals surface area contributed by atoms with Gasteiger partial charge in [-0.05, 0) is 25.0 Å². The monoisotopic (exact) mass is 316 g/mol. The molecule has 0 saturated carbocycles. The van der Waals surface area contributed by atoms with E-state index in [4.69, 9.17) is 0 Å². The number of aryl methyl sites for hydroxylation is 2. The Morgan fingerprint density at radius 1 is 1.38 bits per heavy atom. The molecule has 1 heterocycles. The third-order valence-corrected chi connectivity index (χ3v) is 4.49. The molecule has 1 aromatic rings. The molecule has 21 heavy (non-hydrogen) atoms. The zero-order valence-electron chi connectivity index (χ0n) is 11.4. The summed E-state index contributed by atoms with van der Waals surface area (Å²) >= 11 is 0. The van der Waals surface area contributed by atoms with Crippen molar-refractivity contribution in [2.75, 3.05) is 11.4 Å². The number of nitrogens with zero attached hydrogens (tertiary/aromatic N) is 2. The molecule has 7 nitrogen and oxygen atoms in total. The molecule has 2 rings (SSSR count). The van der Waals surface area contributed by atoms with E-state index in [1.807, 2.05) is 0 Å². The van der Waals surface area contributed by atoms with Gasteiger partial charge in [0.15, 0.2) is 0 Å². The minimum atomic E-state index is -4.86. The molecule has 0 aliphatic carbocycles. The minimum Gasteiger partial charge on any atom is -0.305 e. The van der Waals surface area contributed by atoms with E-state index in [-0.39, 0.29) is 11.4 Å². The molecule has 114 valence electrons. The molecule has 0 spiro atoms. The highest BCUT2D eigenvalue weighted by Crippen LogP contribution is 2.36. The molecule has 1 atom stereocenters. The molecule has 0 radical (unpaired) electrons. The Morgan fingerprint density at radius 3 is 2.48 bits per heavy atom. The van der Waals surface area contributed by atoms with Crippen LogP contribution in [-0.4, -0.2) is 31.0 Å². The first-order valence-electron chi connectivity index (χ1n) is 6.10. The molecular weight excluding hydrogens is 303 g/mol. The first-order valence-corrected chi connectivity index (χ1v) is 7.55. The van der Waals surface area contributed by atoms with Crippen LogP contribution in [0.25, 0.3) is 0 Å². The quantitative estimate of drug-likeness (QED) is 0.479. The topological polar surface area (TPSA) is 97.6 Å². The van der Waals surface area contributed by atoms with Crippen molar-refractivity contribution in [3.05, 3.63) is 33.4 Å². The molecule has 1 unspecified atom stereocenters. The summed E-state index contributed by atoms with van der Waals surface area (Å²) in [5.74, 6) is -0.642. The van der Waals surface area contributed by atoms with E-state index in [1.54, 1.807) is 19.9 Å². The molecule has 1 amide bonds. The molecule has 1 aliphatic rings. The number of carbonyl (C=O) groups is 1. The summed E-state index contributed by atoms with van der Waals surface area (Å²) < 4.78 is 34.9. The van der Waals surface area contributed by atoms with Gasteiger partial charge in [-0.3, -0.25) is 14.9 Å². The number of carbonyl (C=O) groups excluding carboxylic acids is 1. The number of nitro benzene ring substituents is 1. The van der Waals surface area contributed by atoms with Crippen LogP contribution in [0.15, 0.2) is 12.1 Å². The van der Waals surface area contributed by atoms with Crippen LogP contribution in [0.1, 0.15) is 17.5 Å². The highest BCUT2D eigenvalue weighted by atomic mass is 32.3. The zero-order valence-corrected chi connectivity index (χ0v) is 12.2. The van der Waals surface area contributed by atoms with Crippen molar-refractivity contribution in [3.8, 4) is 0 Å². The van der Waals surface area contributed by atoms with Crippen LogP contribution in [-0.2, 0) is 15.0 Å². The third-order valence-electron chi connectivity index (χ3n) is 3.38. The van der Waals surface area contributed by atoms with Crippen LogP contribution < -0.4 is 4.90 Å². The molecule has 1 aromatic carbocycles. The van der Waals surface area contributed by atoms with Crippen molar-refractivity contribution in [3.63, 3.8) is 0 Å². The summed E-state index contributed by atoms with van der Waals surface area (Å²) in [6.07, 6.45) is -0.511. The first kappa shape index (κ1) is 15.4. The maximum absolute atomic E-state index is 13.0. The van der Waals surface area contributed by atoms with Gasteiger partial charge in [-0.2, -0.15) is 8.42 Å². The van der Waals surface area contributed by atoms with Crippen molar-refractivity contribution in [2.24, 2.45) is 0 Å². The molecule has 0 N–H and O–H groups in total. The van der Waals surface area contributed by atoms with Gasteiger partial charge < -0.3 is 4.90 Å². The van der Waals surface area contributed by atoms with E-state index in [0.717, 1.165) is 4.90 Å². The zero-order chi connectivity index (χ0) is 15.9. The number of nitro groups is 1. The fraction of sp³-hybridized carbons (Fsp3) is 0.417. The van der Waals surface area contributed by atoms with Gasteiger partial charge in [-0.15, -0.1) is 3.89 Å².